The molecule has 1 atom stereocenters. The van der Waals surface area contributed by atoms with Crippen LogP contribution in [0.4, 0.5) is 10.5 Å². The average molecular weight is 342 g/mol. The molecule has 1 aliphatic rings. The van der Waals surface area contributed by atoms with Crippen molar-refractivity contribution in [3.8, 4) is 11.5 Å². The van der Waals surface area contributed by atoms with E-state index < -0.39 is 15.9 Å². The van der Waals surface area contributed by atoms with Gasteiger partial charge < -0.3 is 20.1 Å². The Balaban J connectivity index is 2.06. The van der Waals surface area contributed by atoms with Gasteiger partial charge in [0, 0.05) is 30.9 Å². The molecule has 0 saturated carbocycles. The summed E-state index contributed by atoms with van der Waals surface area (Å²) in [6, 6.07) is 3.12. The number of anilines is 1. The molecule has 1 heterocycles. The highest BCUT2D eigenvalue weighted by Gasteiger charge is 2.22. The van der Waals surface area contributed by atoms with E-state index in [0.717, 1.165) is 24.0 Å². The highest BCUT2D eigenvalue weighted by molar-refractivity contribution is 7.90. The Morgan fingerprint density at radius 3 is 2.83 bits per heavy atom. The van der Waals surface area contributed by atoms with E-state index in [1.807, 2.05) is 19.9 Å². The van der Waals surface area contributed by atoms with E-state index in [-0.39, 0.29) is 18.4 Å². The molecule has 0 unspecified atom stereocenters. The molecule has 0 saturated heterocycles. The summed E-state index contributed by atoms with van der Waals surface area (Å²) in [7, 11) is -3.11. The van der Waals surface area contributed by atoms with Crippen LogP contribution in [0.1, 0.15) is 19.4 Å². The lowest BCUT2D eigenvalue weighted by molar-refractivity contribution is 0.252. The zero-order chi connectivity index (χ0) is 17.0. The Morgan fingerprint density at radius 2 is 2.17 bits per heavy atom. The Bertz CT molecular complexity index is 687. The molecule has 0 aliphatic carbocycles. The second kappa shape index (κ2) is 7.08. The third-order valence-electron chi connectivity index (χ3n) is 3.30. The SMILES string of the molecule is CCOc1cc2c(cc1NC(=O)NCCS(C)(=O)=O)O[C@@H](C)C2. The molecule has 0 spiro atoms. The van der Waals surface area contributed by atoms with Gasteiger partial charge in [-0.05, 0) is 19.9 Å². The Labute approximate surface area is 136 Å². The first-order chi connectivity index (χ1) is 10.8. The van der Waals surface area contributed by atoms with Gasteiger partial charge in [0.15, 0.2) is 0 Å². The molecule has 2 amide bonds. The van der Waals surface area contributed by atoms with Crippen LogP contribution in [0.5, 0.6) is 11.5 Å². The van der Waals surface area contributed by atoms with Crippen LogP contribution in [0.25, 0.3) is 0 Å². The average Bonchev–Trinajstić information content (AvgIpc) is 2.77. The maximum atomic E-state index is 11.9. The van der Waals surface area contributed by atoms with Crippen molar-refractivity contribution < 1.29 is 22.7 Å². The van der Waals surface area contributed by atoms with Crippen molar-refractivity contribution in [2.75, 3.05) is 30.5 Å². The van der Waals surface area contributed by atoms with Gasteiger partial charge in [-0.25, -0.2) is 13.2 Å². The summed E-state index contributed by atoms with van der Waals surface area (Å²) >= 11 is 0. The molecular weight excluding hydrogens is 320 g/mol. The summed E-state index contributed by atoms with van der Waals surface area (Å²) in [5, 5.41) is 5.18. The predicted molar refractivity (Wildman–Crippen MR) is 88.1 cm³/mol. The van der Waals surface area contributed by atoms with Gasteiger partial charge in [-0.3, -0.25) is 0 Å². The first-order valence-electron chi connectivity index (χ1n) is 7.47. The van der Waals surface area contributed by atoms with Gasteiger partial charge in [0.05, 0.1) is 18.0 Å². The largest absolute Gasteiger partial charge is 0.492 e. The molecule has 0 fully saturated rings. The number of sulfone groups is 1. The molecule has 8 heteroatoms. The zero-order valence-electron chi connectivity index (χ0n) is 13.5. The number of nitrogens with one attached hydrogen (secondary N) is 2. The first kappa shape index (κ1) is 17.4. The summed E-state index contributed by atoms with van der Waals surface area (Å²) in [4.78, 5) is 11.9. The molecule has 1 aromatic rings. The predicted octanol–water partition coefficient (Wildman–Crippen LogP) is 1.57. The quantitative estimate of drug-likeness (QED) is 0.818. The normalized spacial score (nSPS) is 16.4. The summed E-state index contributed by atoms with van der Waals surface area (Å²) in [6.07, 6.45) is 2.02. The van der Waals surface area contributed by atoms with E-state index in [2.05, 4.69) is 10.6 Å². The van der Waals surface area contributed by atoms with Gasteiger partial charge in [-0.15, -0.1) is 0 Å². The van der Waals surface area contributed by atoms with Crippen LogP contribution in [0.15, 0.2) is 12.1 Å². The smallest absolute Gasteiger partial charge is 0.319 e. The number of carbonyl (C=O) groups is 1. The minimum absolute atomic E-state index is 0.0487. The first-order valence-corrected chi connectivity index (χ1v) is 9.53. The number of hydrogen-bond donors (Lipinski definition) is 2. The number of urea groups is 1. The van der Waals surface area contributed by atoms with Crippen LogP contribution in [-0.2, 0) is 16.3 Å². The molecular formula is C15H22N2O5S. The van der Waals surface area contributed by atoms with Crippen molar-refractivity contribution in [1.82, 2.24) is 5.32 Å². The molecule has 128 valence electrons. The highest BCUT2D eigenvalue weighted by atomic mass is 32.2. The Kier molecular flexibility index (Phi) is 5.35. The fourth-order valence-corrected chi connectivity index (χ4v) is 2.80. The molecule has 2 N–H and O–H groups in total. The third-order valence-corrected chi connectivity index (χ3v) is 4.25. The van der Waals surface area contributed by atoms with E-state index in [9.17, 15) is 13.2 Å². The monoisotopic (exact) mass is 342 g/mol. The van der Waals surface area contributed by atoms with Gasteiger partial charge in [0.2, 0.25) is 0 Å². The van der Waals surface area contributed by atoms with Crippen molar-refractivity contribution in [3.63, 3.8) is 0 Å². The topological polar surface area (TPSA) is 93.7 Å². The lowest BCUT2D eigenvalue weighted by atomic mass is 10.1. The third kappa shape index (κ3) is 5.02. The second-order valence-corrected chi connectivity index (χ2v) is 7.79. The lowest BCUT2D eigenvalue weighted by Crippen LogP contribution is -2.32. The second-order valence-electron chi connectivity index (χ2n) is 5.53. The summed E-state index contributed by atoms with van der Waals surface area (Å²) < 4.78 is 33.4. The molecule has 0 radical (unpaired) electrons. The van der Waals surface area contributed by atoms with Gasteiger partial charge in [0.1, 0.15) is 27.4 Å². The van der Waals surface area contributed by atoms with Gasteiger partial charge in [0.25, 0.3) is 0 Å². The van der Waals surface area contributed by atoms with E-state index >= 15 is 0 Å². The van der Waals surface area contributed by atoms with Crippen molar-refractivity contribution in [2.24, 2.45) is 0 Å². The molecule has 7 nitrogen and oxygen atoms in total. The number of carbonyl (C=O) groups excluding carboxylic acids is 1. The van der Waals surface area contributed by atoms with Gasteiger partial charge in [-0.2, -0.15) is 0 Å². The fourth-order valence-electron chi connectivity index (χ4n) is 2.33. The molecule has 23 heavy (non-hydrogen) atoms. The maximum absolute atomic E-state index is 11.9. The van der Waals surface area contributed by atoms with Crippen molar-refractivity contribution >= 4 is 21.6 Å². The van der Waals surface area contributed by atoms with Crippen LogP contribution in [-0.4, -0.2) is 45.7 Å². The van der Waals surface area contributed by atoms with E-state index in [0.29, 0.717) is 18.0 Å². The Morgan fingerprint density at radius 1 is 1.43 bits per heavy atom. The molecule has 1 aliphatic heterocycles. The van der Waals surface area contributed by atoms with Crippen LogP contribution < -0.4 is 20.1 Å². The van der Waals surface area contributed by atoms with E-state index in [4.69, 9.17) is 9.47 Å². The van der Waals surface area contributed by atoms with Gasteiger partial charge in [-0.1, -0.05) is 0 Å². The summed E-state index contributed by atoms with van der Waals surface area (Å²) in [5.41, 5.74) is 1.54. The van der Waals surface area contributed by atoms with E-state index in [1.54, 1.807) is 6.07 Å². The minimum Gasteiger partial charge on any atom is -0.492 e. The van der Waals surface area contributed by atoms with Crippen molar-refractivity contribution in [2.45, 2.75) is 26.4 Å². The number of ether oxygens (including phenoxy) is 2. The zero-order valence-corrected chi connectivity index (χ0v) is 14.3. The number of benzene rings is 1. The number of hydrogen-bond acceptors (Lipinski definition) is 5. The van der Waals surface area contributed by atoms with Crippen LogP contribution in [0, 0.1) is 0 Å². The van der Waals surface area contributed by atoms with Crippen molar-refractivity contribution in [1.29, 1.82) is 0 Å². The van der Waals surface area contributed by atoms with E-state index in [1.165, 1.54) is 0 Å². The molecule has 0 bridgehead atoms. The van der Waals surface area contributed by atoms with Crippen LogP contribution >= 0.6 is 0 Å². The highest BCUT2D eigenvalue weighted by Crippen LogP contribution is 2.37. The molecule has 1 aromatic carbocycles. The maximum Gasteiger partial charge on any atom is 0.319 e. The Hall–Kier alpha value is -1.96. The standard InChI is InChI=1S/C15H22N2O5S/c1-4-21-14-8-11-7-10(2)22-13(11)9-12(14)17-15(18)16-5-6-23(3,19)20/h8-10H,4-7H2,1-3H3,(H2,16,17,18)/t10-/m0/s1. The summed E-state index contributed by atoms with van der Waals surface area (Å²) in [6.45, 7) is 4.36. The number of amides is 2. The fraction of sp³-hybridized carbons (Fsp3) is 0.533. The lowest BCUT2D eigenvalue weighted by Gasteiger charge is -2.14. The number of fused-ring (bicyclic) bond motifs is 1. The van der Waals surface area contributed by atoms with Gasteiger partial charge >= 0.3 is 6.03 Å². The van der Waals surface area contributed by atoms with Crippen molar-refractivity contribution in [3.05, 3.63) is 17.7 Å². The molecule has 0 aromatic heterocycles. The number of rotatable bonds is 6. The molecule has 2 rings (SSSR count). The van der Waals surface area contributed by atoms with Crippen LogP contribution in [0.2, 0.25) is 0 Å². The van der Waals surface area contributed by atoms with Crippen LogP contribution in [0.3, 0.4) is 0 Å². The summed E-state index contributed by atoms with van der Waals surface area (Å²) in [5.74, 6) is 1.19. The minimum atomic E-state index is -3.11.